The molecule has 0 spiro atoms. The highest BCUT2D eigenvalue weighted by atomic mass is 32.2. The van der Waals surface area contributed by atoms with E-state index in [2.05, 4.69) is 15.3 Å². The minimum absolute atomic E-state index is 0.221. The third-order valence-corrected chi connectivity index (χ3v) is 5.04. The standard InChI is InChI=1S/C18H20N4O3S/c1-4-14(18(23)25-5-2)26-16-11-10-15-19-20-17(22(15)21-16)12-6-8-13(24-3)9-7-12/h6-11,14H,4-5H2,1-3H3. The summed E-state index contributed by atoms with van der Waals surface area (Å²) in [7, 11) is 1.63. The molecule has 2 heterocycles. The highest BCUT2D eigenvalue weighted by Gasteiger charge is 2.20. The Morgan fingerprint density at radius 3 is 2.58 bits per heavy atom. The van der Waals surface area contributed by atoms with Gasteiger partial charge in [-0.05, 0) is 49.7 Å². The van der Waals surface area contributed by atoms with E-state index in [0.717, 1.165) is 11.3 Å². The van der Waals surface area contributed by atoms with Gasteiger partial charge in [0.05, 0.1) is 13.7 Å². The van der Waals surface area contributed by atoms with Crippen molar-refractivity contribution in [2.75, 3.05) is 13.7 Å². The molecule has 7 nitrogen and oxygen atoms in total. The number of carbonyl (C=O) groups is 1. The van der Waals surface area contributed by atoms with Gasteiger partial charge < -0.3 is 9.47 Å². The van der Waals surface area contributed by atoms with E-state index in [1.807, 2.05) is 43.3 Å². The number of benzene rings is 1. The molecule has 0 fully saturated rings. The Balaban J connectivity index is 1.91. The van der Waals surface area contributed by atoms with E-state index in [4.69, 9.17) is 9.47 Å². The van der Waals surface area contributed by atoms with E-state index >= 15 is 0 Å². The zero-order valence-corrected chi connectivity index (χ0v) is 15.7. The summed E-state index contributed by atoms with van der Waals surface area (Å²) in [6, 6.07) is 11.2. The maximum atomic E-state index is 12.0. The summed E-state index contributed by atoms with van der Waals surface area (Å²) in [5.41, 5.74) is 1.52. The number of esters is 1. The quantitative estimate of drug-likeness (QED) is 0.465. The van der Waals surface area contributed by atoms with Gasteiger partial charge in [0, 0.05) is 5.56 Å². The fourth-order valence-electron chi connectivity index (χ4n) is 2.43. The average Bonchev–Trinajstić information content (AvgIpc) is 3.09. The monoisotopic (exact) mass is 372 g/mol. The molecule has 0 aliphatic heterocycles. The van der Waals surface area contributed by atoms with Crippen molar-refractivity contribution in [3.63, 3.8) is 0 Å². The van der Waals surface area contributed by atoms with Gasteiger partial charge in [-0.25, -0.2) is 0 Å². The zero-order chi connectivity index (χ0) is 18.5. The number of fused-ring (bicyclic) bond motifs is 1. The SMILES string of the molecule is CCOC(=O)C(CC)Sc1ccc2nnc(-c3ccc(OC)cc3)n2n1. The van der Waals surface area contributed by atoms with Crippen LogP contribution in [0.5, 0.6) is 5.75 Å². The van der Waals surface area contributed by atoms with Crippen LogP contribution < -0.4 is 4.74 Å². The van der Waals surface area contributed by atoms with Crippen LogP contribution in [0.25, 0.3) is 17.0 Å². The van der Waals surface area contributed by atoms with E-state index in [1.165, 1.54) is 11.8 Å². The molecular weight excluding hydrogens is 352 g/mol. The smallest absolute Gasteiger partial charge is 0.319 e. The van der Waals surface area contributed by atoms with E-state index in [9.17, 15) is 4.79 Å². The molecule has 0 aliphatic carbocycles. The molecule has 3 rings (SSSR count). The molecule has 26 heavy (non-hydrogen) atoms. The van der Waals surface area contributed by atoms with E-state index in [0.29, 0.717) is 29.5 Å². The largest absolute Gasteiger partial charge is 0.497 e. The molecule has 1 unspecified atom stereocenters. The Morgan fingerprint density at radius 2 is 1.92 bits per heavy atom. The van der Waals surface area contributed by atoms with Crippen molar-refractivity contribution in [2.24, 2.45) is 0 Å². The molecule has 1 atom stereocenters. The molecule has 8 heteroatoms. The third kappa shape index (κ3) is 3.80. The van der Waals surface area contributed by atoms with Crippen LogP contribution in [0.3, 0.4) is 0 Å². The lowest BCUT2D eigenvalue weighted by Crippen LogP contribution is -2.19. The molecular formula is C18H20N4O3S. The fourth-order valence-corrected chi connectivity index (χ4v) is 3.33. The first kappa shape index (κ1) is 18.2. The summed E-state index contributed by atoms with van der Waals surface area (Å²) < 4.78 is 12.0. The minimum atomic E-state index is -0.291. The zero-order valence-electron chi connectivity index (χ0n) is 14.9. The number of hydrogen-bond donors (Lipinski definition) is 0. The van der Waals surface area contributed by atoms with Gasteiger partial charge in [-0.15, -0.1) is 10.2 Å². The van der Waals surface area contributed by atoms with Crippen LogP contribution in [-0.2, 0) is 9.53 Å². The van der Waals surface area contributed by atoms with E-state index in [1.54, 1.807) is 18.5 Å². The first-order chi connectivity index (χ1) is 12.7. The second-order valence-corrected chi connectivity index (χ2v) is 6.68. The summed E-state index contributed by atoms with van der Waals surface area (Å²) in [4.78, 5) is 12.0. The van der Waals surface area contributed by atoms with Crippen LogP contribution in [0.15, 0.2) is 41.4 Å². The number of nitrogens with zero attached hydrogens (tertiary/aromatic N) is 4. The predicted molar refractivity (Wildman–Crippen MR) is 99.3 cm³/mol. The maximum absolute atomic E-state index is 12.0. The Kier molecular flexibility index (Phi) is 5.72. The molecule has 1 aromatic carbocycles. The van der Waals surface area contributed by atoms with Crippen molar-refractivity contribution in [3.05, 3.63) is 36.4 Å². The molecule has 0 saturated heterocycles. The summed E-state index contributed by atoms with van der Waals surface area (Å²) in [5.74, 6) is 1.18. The number of ether oxygens (including phenoxy) is 2. The average molecular weight is 372 g/mol. The summed E-state index contributed by atoms with van der Waals surface area (Å²) in [5, 5.41) is 13.4. The Morgan fingerprint density at radius 1 is 1.15 bits per heavy atom. The molecule has 0 radical (unpaired) electrons. The molecule has 0 bridgehead atoms. The third-order valence-electron chi connectivity index (χ3n) is 3.77. The van der Waals surface area contributed by atoms with Crippen molar-refractivity contribution in [1.29, 1.82) is 0 Å². The van der Waals surface area contributed by atoms with Gasteiger partial charge in [-0.3, -0.25) is 4.79 Å². The van der Waals surface area contributed by atoms with Crippen LogP contribution >= 0.6 is 11.8 Å². The molecule has 0 aliphatic rings. The summed E-state index contributed by atoms with van der Waals surface area (Å²) in [6.07, 6.45) is 0.663. The highest BCUT2D eigenvalue weighted by Crippen LogP contribution is 2.26. The first-order valence-corrected chi connectivity index (χ1v) is 9.24. The van der Waals surface area contributed by atoms with Crippen molar-refractivity contribution in [2.45, 2.75) is 30.5 Å². The molecule has 0 N–H and O–H groups in total. The maximum Gasteiger partial charge on any atom is 0.319 e. The van der Waals surface area contributed by atoms with Crippen LogP contribution in [0.1, 0.15) is 20.3 Å². The summed E-state index contributed by atoms with van der Waals surface area (Å²) >= 11 is 1.38. The molecule has 0 amide bonds. The number of thioether (sulfide) groups is 1. The van der Waals surface area contributed by atoms with Crippen LogP contribution in [0.4, 0.5) is 0 Å². The van der Waals surface area contributed by atoms with Crippen LogP contribution in [0, 0.1) is 0 Å². The van der Waals surface area contributed by atoms with Gasteiger partial charge in [-0.1, -0.05) is 18.7 Å². The minimum Gasteiger partial charge on any atom is -0.497 e. The van der Waals surface area contributed by atoms with Gasteiger partial charge in [0.1, 0.15) is 16.0 Å². The van der Waals surface area contributed by atoms with Crippen molar-refractivity contribution in [3.8, 4) is 17.1 Å². The van der Waals surface area contributed by atoms with Crippen molar-refractivity contribution >= 4 is 23.4 Å². The van der Waals surface area contributed by atoms with Gasteiger partial charge >= 0.3 is 5.97 Å². The molecule has 2 aromatic heterocycles. The van der Waals surface area contributed by atoms with Gasteiger partial charge in [-0.2, -0.15) is 9.61 Å². The van der Waals surface area contributed by atoms with Gasteiger partial charge in [0.2, 0.25) is 0 Å². The normalized spacial score (nSPS) is 12.1. The Bertz CT molecular complexity index is 895. The van der Waals surface area contributed by atoms with Gasteiger partial charge in [0.15, 0.2) is 11.5 Å². The second-order valence-electron chi connectivity index (χ2n) is 5.46. The predicted octanol–water partition coefficient (Wildman–Crippen LogP) is 3.23. The number of methoxy groups -OCH3 is 1. The van der Waals surface area contributed by atoms with E-state index in [-0.39, 0.29) is 11.2 Å². The van der Waals surface area contributed by atoms with Crippen molar-refractivity contribution < 1.29 is 14.3 Å². The summed E-state index contributed by atoms with van der Waals surface area (Å²) in [6.45, 7) is 4.13. The fraction of sp³-hybridized carbons (Fsp3) is 0.333. The molecule has 3 aromatic rings. The Hall–Kier alpha value is -2.61. The molecule has 0 saturated carbocycles. The number of hydrogen-bond acceptors (Lipinski definition) is 7. The second kappa shape index (κ2) is 8.18. The highest BCUT2D eigenvalue weighted by molar-refractivity contribution is 8.00. The van der Waals surface area contributed by atoms with Crippen LogP contribution in [-0.4, -0.2) is 44.7 Å². The topological polar surface area (TPSA) is 78.6 Å². The van der Waals surface area contributed by atoms with Gasteiger partial charge in [0.25, 0.3) is 0 Å². The number of rotatable bonds is 7. The number of carbonyl (C=O) groups excluding carboxylic acids is 1. The Labute approximate surface area is 155 Å². The lowest BCUT2D eigenvalue weighted by Gasteiger charge is -2.12. The lowest BCUT2D eigenvalue weighted by atomic mass is 10.2. The molecule has 136 valence electrons. The van der Waals surface area contributed by atoms with Crippen molar-refractivity contribution in [1.82, 2.24) is 19.8 Å². The van der Waals surface area contributed by atoms with Crippen LogP contribution in [0.2, 0.25) is 0 Å². The van der Waals surface area contributed by atoms with E-state index < -0.39 is 0 Å². The lowest BCUT2D eigenvalue weighted by molar-refractivity contribution is -0.142. The number of aromatic nitrogens is 4. The first-order valence-electron chi connectivity index (χ1n) is 8.36.